The molecular weight excluding hydrogens is 296 g/mol. The minimum absolute atomic E-state index is 0.200. The largest absolute Gasteiger partial charge is 0.493 e. The Morgan fingerprint density at radius 3 is 3.04 bits per heavy atom. The fourth-order valence-electron chi connectivity index (χ4n) is 2.30. The van der Waals surface area contributed by atoms with Gasteiger partial charge in [0.1, 0.15) is 6.04 Å². The molecule has 1 aliphatic heterocycles. The smallest absolute Gasteiger partial charge is 0.247 e. The van der Waals surface area contributed by atoms with Crippen LogP contribution in [0.15, 0.2) is 24.3 Å². The summed E-state index contributed by atoms with van der Waals surface area (Å²) in [5.41, 5.74) is 0.823. The summed E-state index contributed by atoms with van der Waals surface area (Å²) in [7, 11) is 1.58. The van der Waals surface area contributed by atoms with E-state index < -0.39 is 6.04 Å². The second-order valence-corrected chi connectivity index (χ2v) is 4.93. The Morgan fingerprint density at radius 1 is 1.52 bits per heavy atom. The third-order valence-electron chi connectivity index (χ3n) is 3.47. The van der Waals surface area contributed by atoms with Crippen LogP contribution in [0.1, 0.15) is 12.5 Å². The Balaban J connectivity index is 2.11. The molecule has 0 aromatic heterocycles. The number of nitriles is 1. The van der Waals surface area contributed by atoms with Gasteiger partial charge in [-0.25, -0.2) is 0 Å². The predicted octanol–water partition coefficient (Wildman–Crippen LogP) is 1.86. The molecule has 1 amide bonds. The molecule has 0 saturated carbocycles. The average Bonchev–Trinajstić information content (AvgIpc) is 2.60. The molecule has 1 aliphatic rings. The van der Waals surface area contributed by atoms with Gasteiger partial charge in [0.15, 0.2) is 11.5 Å². The van der Waals surface area contributed by atoms with Crippen LogP contribution >= 0.6 is 0 Å². The van der Waals surface area contributed by atoms with E-state index in [1.165, 1.54) is 11.0 Å². The second kappa shape index (κ2) is 8.20. The van der Waals surface area contributed by atoms with E-state index in [-0.39, 0.29) is 12.5 Å². The van der Waals surface area contributed by atoms with Crippen LogP contribution in [0.2, 0.25) is 0 Å². The number of nitrogens with zero attached hydrogens (tertiary/aromatic N) is 2. The molecule has 1 saturated heterocycles. The van der Waals surface area contributed by atoms with E-state index in [1.54, 1.807) is 19.3 Å². The first-order valence-electron chi connectivity index (χ1n) is 7.46. The van der Waals surface area contributed by atoms with Gasteiger partial charge in [0.05, 0.1) is 33.0 Å². The molecule has 0 aliphatic carbocycles. The minimum Gasteiger partial charge on any atom is -0.493 e. The molecule has 0 unspecified atom stereocenters. The summed E-state index contributed by atoms with van der Waals surface area (Å²) in [5.74, 6) is 1.08. The molecule has 0 radical (unpaired) electrons. The molecule has 0 N–H and O–H groups in total. The number of morpholine rings is 1. The topological polar surface area (TPSA) is 71.8 Å². The quantitative estimate of drug-likeness (QED) is 0.775. The van der Waals surface area contributed by atoms with Gasteiger partial charge in [0.25, 0.3) is 0 Å². The van der Waals surface area contributed by atoms with Gasteiger partial charge in [-0.2, -0.15) is 5.26 Å². The van der Waals surface area contributed by atoms with Crippen LogP contribution in [0.25, 0.3) is 6.08 Å². The number of carbonyl (C=O) groups excluding carboxylic acids is 1. The lowest BCUT2D eigenvalue weighted by Crippen LogP contribution is -2.47. The van der Waals surface area contributed by atoms with Crippen molar-refractivity contribution in [3.8, 4) is 17.6 Å². The zero-order valence-corrected chi connectivity index (χ0v) is 13.3. The first-order chi connectivity index (χ1) is 11.2. The maximum atomic E-state index is 12.3. The summed E-state index contributed by atoms with van der Waals surface area (Å²) >= 11 is 0. The number of amides is 1. The van der Waals surface area contributed by atoms with Crippen molar-refractivity contribution in [1.29, 1.82) is 5.26 Å². The Hall–Kier alpha value is -2.52. The van der Waals surface area contributed by atoms with Gasteiger partial charge in [0, 0.05) is 12.6 Å². The van der Waals surface area contributed by atoms with E-state index >= 15 is 0 Å². The molecule has 122 valence electrons. The molecule has 1 fully saturated rings. The van der Waals surface area contributed by atoms with Crippen molar-refractivity contribution in [1.82, 2.24) is 4.90 Å². The van der Waals surface area contributed by atoms with Crippen molar-refractivity contribution in [3.05, 3.63) is 29.8 Å². The van der Waals surface area contributed by atoms with E-state index in [4.69, 9.17) is 19.5 Å². The van der Waals surface area contributed by atoms with Gasteiger partial charge >= 0.3 is 0 Å². The highest BCUT2D eigenvalue weighted by molar-refractivity contribution is 5.92. The van der Waals surface area contributed by atoms with E-state index in [2.05, 4.69) is 6.07 Å². The first-order valence-corrected chi connectivity index (χ1v) is 7.46. The average molecular weight is 316 g/mol. The van der Waals surface area contributed by atoms with E-state index in [1.807, 2.05) is 19.1 Å². The van der Waals surface area contributed by atoms with Crippen molar-refractivity contribution >= 4 is 12.0 Å². The van der Waals surface area contributed by atoms with Crippen molar-refractivity contribution in [2.24, 2.45) is 0 Å². The van der Waals surface area contributed by atoms with Crippen molar-refractivity contribution < 1.29 is 19.0 Å². The SMILES string of the molecule is CCOc1cc(/C=C\C(=O)N2CCOC[C@@H]2C#N)ccc1OC. The first kappa shape index (κ1) is 16.8. The highest BCUT2D eigenvalue weighted by Gasteiger charge is 2.25. The van der Waals surface area contributed by atoms with Crippen LogP contribution in [-0.4, -0.2) is 50.3 Å². The molecule has 23 heavy (non-hydrogen) atoms. The van der Waals surface area contributed by atoms with Gasteiger partial charge < -0.3 is 19.1 Å². The molecule has 1 atom stereocenters. The van der Waals surface area contributed by atoms with Crippen molar-refractivity contribution in [3.63, 3.8) is 0 Å². The lowest BCUT2D eigenvalue weighted by Gasteiger charge is -2.30. The Kier molecular flexibility index (Phi) is 6.01. The molecule has 1 aromatic rings. The third kappa shape index (κ3) is 4.24. The maximum absolute atomic E-state index is 12.3. The van der Waals surface area contributed by atoms with E-state index in [9.17, 15) is 4.79 Å². The second-order valence-electron chi connectivity index (χ2n) is 4.93. The summed E-state index contributed by atoms with van der Waals surface area (Å²) in [6, 6.07) is 7.00. The number of ether oxygens (including phenoxy) is 3. The molecule has 0 spiro atoms. The highest BCUT2D eigenvalue weighted by atomic mass is 16.5. The summed E-state index contributed by atoms with van der Waals surface area (Å²) in [5, 5.41) is 9.07. The fourth-order valence-corrected chi connectivity index (χ4v) is 2.30. The van der Waals surface area contributed by atoms with Crippen LogP contribution in [0.3, 0.4) is 0 Å². The van der Waals surface area contributed by atoms with Crippen LogP contribution < -0.4 is 9.47 Å². The number of hydrogen-bond donors (Lipinski definition) is 0. The molecule has 6 heteroatoms. The van der Waals surface area contributed by atoms with E-state index in [0.29, 0.717) is 31.3 Å². The number of methoxy groups -OCH3 is 1. The maximum Gasteiger partial charge on any atom is 0.247 e. The van der Waals surface area contributed by atoms with Crippen LogP contribution in [0.5, 0.6) is 11.5 Å². The number of rotatable bonds is 5. The van der Waals surface area contributed by atoms with Gasteiger partial charge in [-0.15, -0.1) is 0 Å². The normalized spacial score (nSPS) is 17.8. The standard InChI is InChI=1S/C17H20N2O4/c1-3-23-16-10-13(4-6-15(16)21-2)5-7-17(20)19-8-9-22-12-14(19)11-18/h4-7,10,14H,3,8-9,12H2,1-2H3/b7-5-/t14-/m0/s1. The van der Waals surface area contributed by atoms with Gasteiger partial charge in [-0.1, -0.05) is 6.07 Å². The van der Waals surface area contributed by atoms with Crippen LogP contribution in [0, 0.1) is 11.3 Å². The van der Waals surface area contributed by atoms with Crippen LogP contribution in [-0.2, 0) is 9.53 Å². The molecule has 2 rings (SSSR count). The molecular formula is C17H20N2O4. The fraction of sp³-hybridized carbons (Fsp3) is 0.412. The highest BCUT2D eigenvalue weighted by Crippen LogP contribution is 2.28. The summed E-state index contributed by atoms with van der Waals surface area (Å²) in [4.78, 5) is 13.8. The lowest BCUT2D eigenvalue weighted by atomic mass is 10.1. The number of benzene rings is 1. The number of hydrogen-bond acceptors (Lipinski definition) is 5. The predicted molar refractivity (Wildman–Crippen MR) is 85.1 cm³/mol. The molecule has 1 heterocycles. The summed E-state index contributed by atoms with van der Waals surface area (Å²) in [6.45, 7) is 3.56. The summed E-state index contributed by atoms with van der Waals surface area (Å²) in [6.07, 6.45) is 3.17. The van der Waals surface area contributed by atoms with E-state index in [0.717, 1.165) is 5.56 Å². The van der Waals surface area contributed by atoms with Crippen LogP contribution in [0.4, 0.5) is 0 Å². The summed E-state index contributed by atoms with van der Waals surface area (Å²) < 4.78 is 16.0. The lowest BCUT2D eigenvalue weighted by molar-refractivity contribution is -0.132. The zero-order valence-electron chi connectivity index (χ0n) is 13.3. The Morgan fingerprint density at radius 2 is 2.35 bits per heavy atom. The van der Waals surface area contributed by atoms with Gasteiger partial charge in [-0.05, 0) is 30.7 Å². The van der Waals surface area contributed by atoms with Crippen molar-refractivity contribution in [2.75, 3.05) is 33.5 Å². The molecule has 6 nitrogen and oxygen atoms in total. The Bertz CT molecular complexity index is 622. The van der Waals surface area contributed by atoms with Gasteiger partial charge in [-0.3, -0.25) is 4.79 Å². The molecule has 1 aromatic carbocycles. The third-order valence-corrected chi connectivity index (χ3v) is 3.47. The minimum atomic E-state index is -0.532. The number of carbonyl (C=O) groups is 1. The van der Waals surface area contributed by atoms with Crippen molar-refractivity contribution in [2.45, 2.75) is 13.0 Å². The zero-order chi connectivity index (χ0) is 16.7. The monoisotopic (exact) mass is 316 g/mol. The Labute approximate surface area is 135 Å². The van der Waals surface area contributed by atoms with Gasteiger partial charge in [0.2, 0.25) is 5.91 Å². The molecule has 0 bridgehead atoms.